The van der Waals surface area contributed by atoms with Crippen LogP contribution in [0, 0.1) is 5.92 Å². The molecule has 0 aliphatic carbocycles. The molecular formula is C18H33NO5. The number of amides is 1. The van der Waals surface area contributed by atoms with E-state index in [2.05, 4.69) is 0 Å². The van der Waals surface area contributed by atoms with E-state index in [0.29, 0.717) is 18.9 Å². The molecule has 1 N–H and O–H groups in total. The molecule has 1 amide bonds. The van der Waals surface area contributed by atoms with Crippen molar-refractivity contribution in [1.29, 1.82) is 0 Å². The molecule has 1 aliphatic heterocycles. The van der Waals surface area contributed by atoms with Crippen LogP contribution in [0.15, 0.2) is 0 Å². The average Bonchev–Trinajstić information content (AvgIpc) is 2.50. The maximum absolute atomic E-state index is 12.0. The SMILES string of the molecule is CCOC(=O)C(O)CCCCC1CCN(C(=O)OC(C)(C)C)CC1. The number of nitrogens with zero attached hydrogens (tertiary/aromatic N) is 1. The maximum Gasteiger partial charge on any atom is 0.410 e. The van der Waals surface area contributed by atoms with Crippen molar-refractivity contribution >= 4 is 12.1 Å². The molecule has 24 heavy (non-hydrogen) atoms. The van der Waals surface area contributed by atoms with Crippen molar-refractivity contribution < 1.29 is 24.2 Å². The number of piperidine rings is 1. The minimum Gasteiger partial charge on any atom is -0.464 e. The van der Waals surface area contributed by atoms with Gasteiger partial charge in [0, 0.05) is 13.1 Å². The van der Waals surface area contributed by atoms with Crippen LogP contribution in [0.25, 0.3) is 0 Å². The number of rotatable bonds is 7. The molecule has 6 heteroatoms. The summed E-state index contributed by atoms with van der Waals surface area (Å²) in [6.45, 7) is 9.14. The fourth-order valence-corrected chi connectivity index (χ4v) is 2.86. The predicted octanol–water partition coefficient (Wildman–Crippen LogP) is 3.12. The number of hydrogen-bond acceptors (Lipinski definition) is 5. The van der Waals surface area contributed by atoms with E-state index in [1.165, 1.54) is 0 Å². The third-order valence-corrected chi connectivity index (χ3v) is 4.16. The highest BCUT2D eigenvalue weighted by Crippen LogP contribution is 2.24. The van der Waals surface area contributed by atoms with Gasteiger partial charge in [-0.2, -0.15) is 0 Å². The average molecular weight is 343 g/mol. The number of aliphatic hydroxyl groups excluding tert-OH is 1. The molecule has 1 saturated heterocycles. The summed E-state index contributed by atoms with van der Waals surface area (Å²) >= 11 is 0. The van der Waals surface area contributed by atoms with Crippen molar-refractivity contribution in [3.63, 3.8) is 0 Å². The van der Waals surface area contributed by atoms with E-state index in [4.69, 9.17) is 9.47 Å². The standard InChI is InChI=1S/C18H33NO5/c1-5-23-16(21)15(20)9-7-6-8-14-10-12-19(13-11-14)17(22)24-18(2,3)4/h14-15,20H,5-13H2,1-4H3. The Morgan fingerprint density at radius 2 is 1.83 bits per heavy atom. The molecule has 0 aromatic heterocycles. The Kier molecular flexibility index (Phi) is 8.53. The van der Waals surface area contributed by atoms with E-state index >= 15 is 0 Å². The van der Waals surface area contributed by atoms with Crippen molar-refractivity contribution in [3.8, 4) is 0 Å². The Hall–Kier alpha value is -1.30. The molecule has 0 aromatic carbocycles. The first-order valence-electron chi connectivity index (χ1n) is 9.05. The maximum atomic E-state index is 12.0. The lowest BCUT2D eigenvalue weighted by Gasteiger charge is -2.33. The van der Waals surface area contributed by atoms with Crippen molar-refractivity contribution in [1.82, 2.24) is 4.90 Å². The van der Waals surface area contributed by atoms with E-state index in [1.807, 2.05) is 20.8 Å². The summed E-state index contributed by atoms with van der Waals surface area (Å²) < 4.78 is 10.2. The molecule has 1 unspecified atom stereocenters. The lowest BCUT2D eigenvalue weighted by atomic mass is 9.91. The van der Waals surface area contributed by atoms with Crippen molar-refractivity contribution in [3.05, 3.63) is 0 Å². The highest BCUT2D eigenvalue weighted by atomic mass is 16.6. The second-order valence-corrected chi connectivity index (χ2v) is 7.46. The summed E-state index contributed by atoms with van der Waals surface area (Å²) in [7, 11) is 0. The molecule has 0 saturated carbocycles. The van der Waals surface area contributed by atoms with Crippen LogP contribution in [-0.4, -0.2) is 53.5 Å². The Labute approximate surface area is 145 Å². The van der Waals surface area contributed by atoms with E-state index in [9.17, 15) is 14.7 Å². The Morgan fingerprint density at radius 1 is 1.21 bits per heavy atom. The number of hydrogen-bond donors (Lipinski definition) is 1. The second-order valence-electron chi connectivity index (χ2n) is 7.46. The molecule has 6 nitrogen and oxygen atoms in total. The number of likely N-dealkylation sites (tertiary alicyclic amines) is 1. The molecule has 1 heterocycles. The van der Waals surface area contributed by atoms with Crippen LogP contribution < -0.4 is 0 Å². The zero-order chi connectivity index (χ0) is 18.2. The first kappa shape index (κ1) is 20.7. The van der Waals surface area contributed by atoms with Crippen LogP contribution in [0.3, 0.4) is 0 Å². The van der Waals surface area contributed by atoms with Gasteiger partial charge in [-0.3, -0.25) is 0 Å². The molecule has 1 atom stereocenters. The van der Waals surface area contributed by atoms with Crippen LogP contribution in [-0.2, 0) is 14.3 Å². The molecule has 140 valence electrons. The smallest absolute Gasteiger partial charge is 0.410 e. The van der Waals surface area contributed by atoms with Gasteiger partial charge >= 0.3 is 12.1 Å². The minimum absolute atomic E-state index is 0.224. The monoisotopic (exact) mass is 343 g/mol. The fourth-order valence-electron chi connectivity index (χ4n) is 2.86. The van der Waals surface area contributed by atoms with Gasteiger partial charge in [0.25, 0.3) is 0 Å². The quantitative estimate of drug-likeness (QED) is 0.568. The molecule has 0 radical (unpaired) electrons. The van der Waals surface area contributed by atoms with Crippen LogP contribution >= 0.6 is 0 Å². The Balaban J connectivity index is 2.16. The molecular weight excluding hydrogens is 310 g/mol. The van der Waals surface area contributed by atoms with Crippen LogP contribution in [0.4, 0.5) is 4.79 Å². The van der Waals surface area contributed by atoms with Gasteiger partial charge in [0.15, 0.2) is 6.10 Å². The van der Waals surface area contributed by atoms with Gasteiger partial charge in [0.1, 0.15) is 5.60 Å². The number of esters is 1. The largest absolute Gasteiger partial charge is 0.464 e. The first-order chi connectivity index (χ1) is 11.2. The predicted molar refractivity (Wildman–Crippen MR) is 91.6 cm³/mol. The van der Waals surface area contributed by atoms with Crippen molar-refractivity contribution in [2.45, 2.75) is 77.9 Å². The zero-order valence-corrected chi connectivity index (χ0v) is 15.5. The van der Waals surface area contributed by atoms with E-state index < -0.39 is 17.7 Å². The zero-order valence-electron chi connectivity index (χ0n) is 15.5. The van der Waals surface area contributed by atoms with E-state index in [1.54, 1.807) is 11.8 Å². The van der Waals surface area contributed by atoms with Gasteiger partial charge in [-0.05, 0) is 52.9 Å². The molecule has 1 aliphatic rings. The molecule has 0 aromatic rings. The number of carbonyl (C=O) groups is 2. The van der Waals surface area contributed by atoms with Gasteiger partial charge < -0.3 is 19.5 Å². The van der Waals surface area contributed by atoms with Crippen LogP contribution in [0.2, 0.25) is 0 Å². The molecule has 0 bridgehead atoms. The van der Waals surface area contributed by atoms with Gasteiger partial charge in [0.05, 0.1) is 6.61 Å². The number of aliphatic hydroxyl groups is 1. The Bertz CT molecular complexity index is 397. The molecule has 1 rings (SSSR count). The third kappa shape index (κ3) is 7.99. The summed E-state index contributed by atoms with van der Waals surface area (Å²) in [4.78, 5) is 25.1. The van der Waals surface area contributed by atoms with Gasteiger partial charge in [-0.1, -0.05) is 19.3 Å². The highest BCUT2D eigenvalue weighted by Gasteiger charge is 2.26. The Morgan fingerprint density at radius 3 is 2.38 bits per heavy atom. The van der Waals surface area contributed by atoms with Crippen molar-refractivity contribution in [2.75, 3.05) is 19.7 Å². The third-order valence-electron chi connectivity index (χ3n) is 4.16. The second kappa shape index (κ2) is 9.87. The van der Waals surface area contributed by atoms with Crippen molar-refractivity contribution in [2.24, 2.45) is 5.92 Å². The highest BCUT2D eigenvalue weighted by molar-refractivity contribution is 5.74. The minimum atomic E-state index is -1.00. The van der Waals surface area contributed by atoms with Crippen LogP contribution in [0.5, 0.6) is 0 Å². The number of unbranched alkanes of at least 4 members (excludes halogenated alkanes) is 1. The first-order valence-corrected chi connectivity index (χ1v) is 9.05. The lowest BCUT2D eigenvalue weighted by Crippen LogP contribution is -2.41. The van der Waals surface area contributed by atoms with E-state index in [0.717, 1.165) is 45.2 Å². The lowest BCUT2D eigenvalue weighted by molar-refractivity contribution is -0.153. The summed E-state index contributed by atoms with van der Waals surface area (Å²) in [5.74, 6) is 0.0755. The topological polar surface area (TPSA) is 76.1 Å². The van der Waals surface area contributed by atoms with E-state index in [-0.39, 0.29) is 6.09 Å². The normalized spacial score (nSPS) is 17.5. The molecule has 1 fully saturated rings. The summed E-state index contributed by atoms with van der Waals surface area (Å²) in [5.41, 5.74) is -0.451. The molecule has 0 spiro atoms. The summed E-state index contributed by atoms with van der Waals surface area (Å²) in [6.07, 6.45) is 4.06. The van der Waals surface area contributed by atoms with Gasteiger partial charge in [-0.15, -0.1) is 0 Å². The fraction of sp³-hybridized carbons (Fsp3) is 0.889. The number of ether oxygens (including phenoxy) is 2. The van der Waals surface area contributed by atoms with Gasteiger partial charge in [-0.25, -0.2) is 9.59 Å². The van der Waals surface area contributed by atoms with Crippen LogP contribution in [0.1, 0.15) is 66.2 Å². The summed E-state index contributed by atoms with van der Waals surface area (Å²) in [6, 6.07) is 0. The van der Waals surface area contributed by atoms with Gasteiger partial charge in [0.2, 0.25) is 0 Å². The summed E-state index contributed by atoms with van der Waals surface area (Å²) in [5, 5.41) is 9.64. The number of carbonyl (C=O) groups excluding carboxylic acids is 2.